The van der Waals surface area contributed by atoms with Gasteiger partial charge in [-0.3, -0.25) is 4.98 Å². The van der Waals surface area contributed by atoms with Gasteiger partial charge in [-0.1, -0.05) is 29.8 Å². The molecule has 1 nitrogen and oxygen atoms in total. The summed E-state index contributed by atoms with van der Waals surface area (Å²) in [5.74, 6) is 0. The van der Waals surface area contributed by atoms with E-state index in [0.717, 1.165) is 12.1 Å². The summed E-state index contributed by atoms with van der Waals surface area (Å²) in [6.45, 7) is 5.89. The maximum absolute atomic E-state index is 4.40. The average Bonchev–Trinajstić information content (AvgIpc) is 2.33. The first-order valence-electron chi connectivity index (χ1n) is 5.43. The van der Waals surface area contributed by atoms with Gasteiger partial charge >= 0.3 is 0 Å². The lowest BCUT2D eigenvalue weighted by molar-refractivity contribution is 1.23. The van der Waals surface area contributed by atoms with E-state index in [4.69, 9.17) is 0 Å². The van der Waals surface area contributed by atoms with E-state index in [2.05, 4.69) is 36.7 Å². The van der Waals surface area contributed by atoms with Crippen molar-refractivity contribution in [3.63, 3.8) is 0 Å². The van der Waals surface area contributed by atoms with Crippen molar-refractivity contribution in [1.82, 2.24) is 4.98 Å². The van der Waals surface area contributed by atoms with E-state index in [1.807, 2.05) is 30.5 Å². The Morgan fingerprint density at radius 1 is 1.25 bits per heavy atom. The molecule has 1 heterocycles. The molecule has 0 fully saturated rings. The van der Waals surface area contributed by atoms with Crippen LogP contribution in [0.5, 0.6) is 0 Å². The molecule has 80 valence electrons. The van der Waals surface area contributed by atoms with Gasteiger partial charge in [-0.15, -0.1) is 6.58 Å². The molecule has 2 rings (SSSR count). The first-order chi connectivity index (χ1) is 7.81. The summed E-state index contributed by atoms with van der Waals surface area (Å²) in [6, 6.07) is 12.5. The highest BCUT2D eigenvalue weighted by molar-refractivity contribution is 5.64. The fourth-order valence-corrected chi connectivity index (χ4v) is 1.78. The van der Waals surface area contributed by atoms with Crippen LogP contribution in [0.25, 0.3) is 11.3 Å². The maximum Gasteiger partial charge on any atom is 0.0704 e. The molecule has 1 aromatic heterocycles. The van der Waals surface area contributed by atoms with Gasteiger partial charge in [-0.25, -0.2) is 0 Å². The highest BCUT2D eigenvalue weighted by atomic mass is 14.7. The molecular weight excluding hydrogens is 194 g/mol. The number of allylic oxidation sites excluding steroid dienone is 1. The van der Waals surface area contributed by atoms with Crippen LogP contribution in [0.1, 0.15) is 11.1 Å². The number of aryl methyl sites for hydroxylation is 1. The average molecular weight is 209 g/mol. The quantitative estimate of drug-likeness (QED) is 0.701. The monoisotopic (exact) mass is 209 g/mol. The van der Waals surface area contributed by atoms with Crippen molar-refractivity contribution in [2.24, 2.45) is 0 Å². The van der Waals surface area contributed by atoms with Crippen LogP contribution in [-0.2, 0) is 6.42 Å². The lowest BCUT2D eigenvalue weighted by Crippen LogP contribution is -1.91. The third kappa shape index (κ3) is 2.19. The van der Waals surface area contributed by atoms with E-state index in [1.54, 1.807) is 0 Å². The fraction of sp³-hybridized carbons (Fsp3) is 0.133. The van der Waals surface area contributed by atoms with Gasteiger partial charge in [0.15, 0.2) is 0 Å². The second kappa shape index (κ2) is 4.75. The summed E-state index contributed by atoms with van der Waals surface area (Å²) in [4.78, 5) is 4.40. The number of aromatic nitrogens is 1. The smallest absolute Gasteiger partial charge is 0.0704 e. The Morgan fingerprint density at radius 3 is 2.81 bits per heavy atom. The minimum Gasteiger partial charge on any atom is -0.256 e. The number of hydrogen-bond acceptors (Lipinski definition) is 1. The zero-order valence-electron chi connectivity index (χ0n) is 9.48. The second-order valence-corrected chi connectivity index (χ2v) is 3.87. The van der Waals surface area contributed by atoms with Crippen molar-refractivity contribution in [2.75, 3.05) is 0 Å². The largest absolute Gasteiger partial charge is 0.256 e. The van der Waals surface area contributed by atoms with Crippen LogP contribution >= 0.6 is 0 Å². The van der Waals surface area contributed by atoms with Gasteiger partial charge < -0.3 is 0 Å². The van der Waals surface area contributed by atoms with Gasteiger partial charge in [0.25, 0.3) is 0 Å². The highest BCUT2D eigenvalue weighted by Gasteiger charge is 2.04. The number of rotatable bonds is 3. The molecule has 0 amide bonds. The molecular formula is C15H15N. The summed E-state index contributed by atoms with van der Waals surface area (Å²) in [6.07, 6.45) is 4.64. The van der Waals surface area contributed by atoms with E-state index in [1.165, 1.54) is 16.7 Å². The number of hydrogen-bond donors (Lipinski definition) is 0. The topological polar surface area (TPSA) is 12.9 Å². The minimum absolute atomic E-state index is 0.881. The van der Waals surface area contributed by atoms with E-state index in [0.29, 0.717) is 0 Å². The predicted molar refractivity (Wildman–Crippen MR) is 68.3 cm³/mol. The van der Waals surface area contributed by atoms with E-state index in [-0.39, 0.29) is 0 Å². The summed E-state index contributed by atoms with van der Waals surface area (Å²) >= 11 is 0. The predicted octanol–water partition coefficient (Wildman–Crippen LogP) is 3.79. The molecule has 0 N–H and O–H groups in total. The van der Waals surface area contributed by atoms with E-state index in [9.17, 15) is 0 Å². The van der Waals surface area contributed by atoms with Crippen LogP contribution in [-0.4, -0.2) is 4.98 Å². The van der Waals surface area contributed by atoms with Gasteiger partial charge in [-0.2, -0.15) is 0 Å². The molecule has 0 saturated carbocycles. The van der Waals surface area contributed by atoms with Gasteiger partial charge in [0.1, 0.15) is 0 Å². The Balaban J connectivity index is 2.53. The number of nitrogens with zero attached hydrogens (tertiary/aromatic N) is 1. The van der Waals surface area contributed by atoms with Crippen LogP contribution in [0, 0.1) is 6.92 Å². The first-order valence-corrected chi connectivity index (χ1v) is 5.43. The maximum atomic E-state index is 4.40. The van der Waals surface area contributed by atoms with Gasteiger partial charge in [0, 0.05) is 11.8 Å². The van der Waals surface area contributed by atoms with Gasteiger partial charge in [0.05, 0.1) is 5.69 Å². The summed E-state index contributed by atoms with van der Waals surface area (Å²) in [5.41, 5.74) is 4.77. The minimum atomic E-state index is 0.881. The van der Waals surface area contributed by atoms with Crippen LogP contribution in [0.3, 0.4) is 0 Å². The van der Waals surface area contributed by atoms with E-state index >= 15 is 0 Å². The molecule has 0 radical (unpaired) electrons. The van der Waals surface area contributed by atoms with Crippen LogP contribution < -0.4 is 0 Å². The van der Waals surface area contributed by atoms with Crippen LogP contribution in [0.15, 0.2) is 55.3 Å². The van der Waals surface area contributed by atoms with Crippen molar-refractivity contribution < 1.29 is 0 Å². The molecule has 0 bridgehead atoms. The van der Waals surface area contributed by atoms with Crippen molar-refractivity contribution in [1.29, 1.82) is 0 Å². The summed E-state index contributed by atoms with van der Waals surface area (Å²) in [5, 5.41) is 0. The van der Waals surface area contributed by atoms with Crippen LogP contribution in [0.2, 0.25) is 0 Å². The molecule has 0 spiro atoms. The molecule has 0 saturated heterocycles. The first kappa shape index (κ1) is 10.6. The third-order valence-electron chi connectivity index (χ3n) is 2.57. The molecule has 0 aliphatic carbocycles. The SMILES string of the molecule is C=CCc1ccc(C)cc1-c1ccccn1. The molecule has 1 heteroatoms. The Kier molecular flexibility index (Phi) is 3.16. The van der Waals surface area contributed by atoms with Gasteiger partial charge in [0.2, 0.25) is 0 Å². The van der Waals surface area contributed by atoms with Crippen molar-refractivity contribution in [3.8, 4) is 11.3 Å². The van der Waals surface area contributed by atoms with Crippen LogP contribution in [0.4, 0.5) is 0 Å². The lowest BCUT2D eigenvalue weighted by atomic mass is 9.99. The Morgan fingerprint density at radius 2 is 2.12 bits per heavy atom. The molecule has 2 aromatic rings. The van der Waals surface area contributed by atoms with Crippen molar-refractivity contribution >= 4 is 0 Å². The number of pyridine rings is 1. The van der Waals surface area contributed by atoms with Gasteiger partial charge in [-0.05, 0) is 37.1 Å². The zero-order chi connectivity index (χ0) is 11.4. The van der Waals surface area contributed by atoms with Crippen molar-refractivity contribution in [3.05, 3.63) is 66.4 Å². The molecule has 0 unspecified atom stereocenters. The Labute approximate surface area is 96.5 Å². The molecule has 0 aliphatic heterocycles. The number of benzene rings is 1. The molecule has 0 aliphatic rings. The fourth-order valence-electron chi connectivity index (χ4n) is 1.78. The standard InChI is InChI=1S/C15H15N/c1-3-6-13-9-8-12(2)11-14(13)15-7-4-5-10-16-15/h3-5,7-11H,1,6H2,2H3. The molecule has 1 aromatic carbocycles. The molecule has 16 heavy (non-hydrogen) atoms. The zero-order valence-corrected chi connectivity index (χ0v) is 9.48. The summed E-state index contributed by atoms with van der Waals surface area (Å²) in [7, 11) is 0. The van der Waals surface area contributed by atoms with Crippen molar-refractivity contribution in [2.45, 2.75) is 13.3 Å². The Hall–Kier alpha value is -1.89. The second-order valence-electron chi connectivity index (χ2n) is 3.87. The van der Waals surface area contributed by atoms with E-state index < -0.39 is 0 Å². The normalized spacial score (nSPS) is 10.1. The highest BCUT2D eigenvalue weighted by Crippen LogP contribution is 2.23. The molecule has 0 atom stereocenters. The third-order valence-corrected chi connectivity index (χ3v) is 2.57. The summed E-state index contributed by atoms with van der Waals surface area (Å²) < 4.78 is 0. The lowest BCUT2D eigenvalue weighted by Gasteiger charge is -2.08. The Bertz CT molecular complexity index is 486.